The maximum Gasteiger partial charge on any atom is 0.225 e. The van der Waals surface area contributed by atoms with Crippen molar-refractivity contribution in [3.8, 4) is 5.75 Å². The molecule has 1 aromatic carbocycles. The zero-order valence-corrected chi connectivity index (χ0v) is 16.2. The Balaban J connectivity index is 1.32. The minimum Gasteiger partial charge on any atom is -0.494 e. The summed E-state index contributed by atoms with van der Waals surface area (Å²) in [6.45, 7) is 4.95. The summed E-state index contributed by atoms with van der Waals surface area (Å²) >= 11 is 0. The van der Waals surface area contributed by atoms with E-state index >= 15 is 0 Å². The summed E-state index contributed by atoms with van der Waals surface area (Å²) in [5.74, 6) is 2.16. The number of halogens is 1. The highest BCUT2D eigenvalue weighted by Crippen LogP contribution is 2.12. The number of anilines is 1. The molecule has 0 spiro atoms. The lowest BCUT2D eigenvalue weighted by molar-refractivity contribution is 0.305. The van der Waals surface area contributed by atoms with Crippen LogP contribution in [0.2, 0.25) is 0 Å². The summed E-state index contributed by atoms with van der Waals surface area (Å²) in [6.07, 6.45) is 5.43. The highest BCUT2D eigenvalue weighted by atomic mass is 19.1. The fourth-order valence-electron chi connectivity index (χ4n) is 3.05. The second kappa shape index (κ2) is 10.4. The van der Waals surface area contributed by atoms with Gasteiger partial charge < -0.3 is 19.9 Å². The van der Waals surface area contributed by atoms with Crippen LogP contribution in [0.25, 0.3) is 0 Å². The van der Waals surface area contributed by atoms with Gasteiger partial charge in [0, 0.05) is 52.2 Å². The fourth-order valence-corrected chi connectivity index (χ4v) is 3.05. The van der Waals surface area contributed by atoms with Gasteiger partial charge in [-0.1, -0.05) is 0 Å². The van der Waals surface area contributed by atoms with E-state index in [0.717, 1.165) is 57.5 Å². The molecule has 0 saturated carbocycles. The Hall–Kier alpha value is -2.90. The Kier molecular flexibility index (Phi) is 7.40. The molecule has 28 heavy (non-hydrogen) atoms. The van der Waals surface area contributed by atoms with Crippen LogP contribution in [0.15, 0.2) is 47.7 Å². The van der Waals surface area contributed by atoms with E-state index in [1.165, 1.54) is 12.1 Å². The molecular formula is C20H27FN6O. The molecule has 0 bridgehead atoms. The minimum atomic E-state index is -0.250. The lowest BCUT2D eigenvalue weighted by Crippen LogP contribution is -2.53. The van der Waals surface area contributed by atoms with E-state index in [-0.39, 0.29) is 5.82 Å². The number of guanidine groups is 1. The number of ether oxygens (including phenoxy) is 1. The number of unbranched alkanes of at least 4 members (excludes halogenated alkanes) is 1. The molecule has 1 N–H and O–H groups in total. The van der Waals surface area contributed by atoms with E-state index in [4.69, 9.17) is 4.74 Å². The second-order valence-electron chi connectivity index (χ2n) is 6.51. The van der Waals surface area contributed by atoms with Crippen LogP contribution in [0, 0.1) is 5.82 Å². The second-order valence-corrected chi connectivity index (χ2v) is 6.51. The molecule has 1 aromatic heterocycles. The van der Waals surface area contributed by atoms with Crippen molar-refractivity contribution in [1.82, 2.24) is 20.2 Å². The normalized spacial score (nSPS) is 14.9. The van der Waals surface area contributed by atoms with E-state index in [0.29, 0.717) is 12.4 Å². The number of benzene rings is 1. The Morgan fingerprint density at radius 2 is 1.82 bits per heavy atom. The minimum absolute atomic E-state index is 0.250. The van der Waals surface area contributed by atoms with Crippen LogP contribution in [-0.4, -0.2) is 67.2 Å². The first-order valence-corrected chi connectivity index (χ1v) is 9.62. The predicted octanol–water partition coefficient (Wildman–Crippen LogP) is 2.17. The fraction of sp³-hybridized carbons (Fsp3) is 0.450. The van der Waals surface area contributed by atoms with E-state index < -0.39 is 0 Å². The summed E-state index contributed by atoms with van der Waals surface area (Å²) < 4.78 is 18.5. The molecule has 2 heterocycles. The van der Waals surface area contributed by atoms with Gasteiger partial charge in [-0.3, -0.25) is 4.99 Å². The maximum atomic E-state index is 12.9. The molecule has 2 aromatic rings. The molecule has 0 radical (unpaired) electrons. The number of aliphatic imine (C=N–C) groups is 1. The molecule has 7 nitrogen and oxygen atoms in total. The van der Waals surface area contributed by atoms with Gasteiger partial charge in [0.1, 0.15) is 11.6 Å². The monoisotopic (exact) mass is 386 g/mol. The number of hydrogen-bond acceptors (Lipinski definition) is 5. The third-order valence-corrected chi connectivity index (χ3v) is 4.56. The summed E-state index contributed by atoms with van der Waals surface area (Å²) in [7, 11) is 1.81. The Labute approximate surface area is 165 Å². The summed E-state index contributed by atoms with van der Waals surface area (Å²) in [4.78, 5) is 17.5. The molecule has 8 heteroatoms. The van der Waals surface area contributed by atoms with E-state index in [2.05, 4.69) is 30.1 Å². The van der Waals surface area contributed by atoms with Crippen LogP contribution >= 0.6 is 0 Å². The van der Waals surface area contributed by atoms with E-state index in [9.17, 15) is 4.39 Å². The molecule has 0 aliphatic carbocycles. The molecule has 1 aliphatic heterocycles. The average Bonchev–Trinajstić information content (AvgIpc) is 2.75. The predicted molar refractivity (Wildman–Crippen MR) is 108 cm³/mol. The SMILES string of the molecule is CN=C(NCCCCOc1ccc(F)cc1)N1CCN(c2ncccn2)CC1. The van der Waals surface area contributed by atoms with Gasteiger partial charge in [-0.25, -0.2) is 14.4 Å². The third kappa shape index (κ3) is 5.80. The van der Waals surface area contributed by atoms with Crippen LogP contribution in [0.3, 0.4) is 0 Å². The maximum absolute atomic E-state index is 12.9. The topological polar surface area (TPSA) is 65.9 Å². The number of rotatable bonds is 7. The number of aromatic nitrogens is 2. The lowest BCUT2D eigenvalue weighted by Gasteiger charge is -2.36. The van der Waals surface area contributed by atoms with Crippen LogP contribution in [0.4, 0.5) is 10.3 Å². The van der Waals surface area contributed by atoms with Gasteiger partial charge in [0.15, 0.2) is 5.96 Å². The van der Waals surface area contributed by atoms with Crippen LogP contribution in [-0.2, 0) is 0 Å². The lowest BCUT2D eigenvalue weighted by atomic mass is 10.3. The van der Waals surface area contributed by atoms with Gasteiger partial charge >= 0.3 is 0 Å². The summed E-state index contributed by atoms with van der Waals surface area (Å²) in [5, 5.41) is 3.42. The van der Waals surface area contributed by atoms with E-state index in [1.807, 2.05) is 13.1 Å². The van der Waals surface area contributed by atoms with Gasteiger partial charge in [0.25, 0.3) is 0 Å². The molecule has 0 amide bonds. The van der Waals surface area contributed by atoms with Gasteiger partial charge in [-0.15, -0.1) is 0 Å². The molecule has 0 atom stereocenters. The van der Waals surface area contributed by atoms with Crippen molar-refractivity contribution in [2.45, 2.75) is 12.8 Å². The van der Waals surface area contributed by atoms with Crippen LogP contribution in [0.5, 0.6) is 5.75 Å². The van der Waals surface area contributed by atoms with E-state index in [1.54, 1.807) is 24.5 Å². The van der Waals surface area contributed by atoms with Gasteiger partial charge in [-0.05, 0) is 43.2 Å². The largest absolute Gasteiger partial charge is 0.494 e. The number of piperazine rings is 1. The Morgan fingerprint density at radius 3 is 2.50 bits per heavy atom. The molecule has 3 rings (SSSR count). The number of nitrogens with zero attached hydrogens (tertiary/aromatic N) is 5. The summed E-state index contributed by atoms with van der Waals surface area (Å²) in [5.41, 5.74) is 0. The first kappa shape index (κ1) is 19.9. The van der Waals surface area contributed by atoms with Gasteiger partial charge in [-0.2, -0.15) is 0 Å². The van der Waals surface area contributed by atoms with Gasteiger partial charge in [0.05, 0.1) is 6.61 Å². The van der Waals surface area contributed by atoms with Crippen molar-refractivity contribution in [2.75, 3.05) is 51.3 Å². The zero-order valence-electron chi connectivity index (χ0n) is 16.2. The molecule has 1 fully saturated rings. The number of hydrogen-bond donors (Lipinski definition) is 1. The van der Waals surface area contributed by atoms with Crippen LogP contribution < -0.4 is 15.0 Å². The van der Waals surface area contributed by atoms with Crippen molar-refractivity contribution in [3.05, 3.63) is 48.5 Å². The first-order valence-electron chi connectivity index (χ1n) is 9.62. The van der Waals surface area contributed by atoms with Crippen molar-refractivity contribution in [2.24, 2.45) is 4.99 Å². The molecule has 1 aliphatic rings. The van der Waals surface area contributed by atoms with Crippen LogP contribution in [0.1, 0.15) is 12.8 Å². The van der Waals surface area contributed by atoms with Crippen molar-refractivity contribution >= 4 is 11.9 Å². The summed E-state index contributed by atoms with van der Waals surface area (Å²) in [6, 6.07) is 7.94. The Bertz CT molecular complexity index is 732. The molecular weight excluding hydrogens is 359 g/mol. The molecule has 1 saturated heterocycles. The first-order chi connectivity index (χ1) is 13.8. The van der Waals surface area contributed by atoms with Gasteiger partial charge in [0.2, 0.25) is 5.95 Å². The zero-order chi connectivity index (χ0) is 19.6. The average molecular weight is 386 g/mol. The van der Waals surface area contributed by atoms with Crippen molar-refractivity contribution < 1.29 is 9.13 Å². The highest BCUT2D eigenvalue weighted by Gasteiger charge is 2.20. The Morgan fingerprint density at radius 1 is 1.11 bits per heavy atom. The molecule has 150 valence electrons. The number of nitrogens with one attached hydrogen (secondary N) is 1. The van der Waals surface area contributed by atoms with Crippen molar-refractivity contribution in [3.63, 3.8) is 0 Å². The quantitative estimate of drug-likeness (QED) is 0.447. The molecule has 0 unspecified atom stereocenters. The standard InChI is InChI=1S/C20H27FN6O/c1-22-19(23-9-2-3-16-28-18-7-5-17(21)6-8-18)26-12-14-27(15-13-26)20-24-10-4-11-25-20/h4-8,10-11H,2-3,9,12-16H2,1H3,(H,22,23). The smallest absolute Gasteiger partial charge is 0.225 e. The van der Waals surface area contributed by atoms with Crippen molar-refractivity contribution in [1.29, 1.82) is 0 Å². The third-order valence-electron chi connectivity index (χ3n) is 4.56. The highest BCUT2D eigenvalue weighted by molar-refractivity contribution is 5.80.